The van der Waals surface area contributed by atoms with Crippen molar-refractivity contribution in [1.29, 1.82) is 0 Å². The fourth-order valence-corrected chi connectivity index (χ4v) is 1.77. The fourth-order valence-electron chi connectivity index (χ4n) is 1.77. The summed E-state index contributed by atoms with van der Waals surface area (Å²) in [7, 11) is 0. The summed E-state index contributed by atoms with van der Waals surface area (Å²) in [4.78, 5) is 11.3. The van der Waals surface area contributed by atoms with Crippen LogP contribution in [0.3, 0.4) is 0 Å². The molecule has 2 rings (SSSR count). The zero-order valence-electron chi connectivity index (χ0n) is 11.0. The Morgan fingerprint density at radius 3 is 2.55 bits per heavy atom. The highest BCUT2D eigenvalue weighted by molar-refractivity contribution is 5.93. The Morgan fingerprint density at radius 2 is 1.95 bits per heavy atom. The molecule has 1 amide bonds. The van der Waals surface area contributed by atoms with E-state index in [0.29, 0.717) is 17.9 Å². The molecule has 0 heterocycles. The van der Waals surface area contributed by atoms with Crippen molar-refractivity contribution in [2.24, 2.45) is 5.84 Å². The average Bonchev–Trinajstić information content (AvgIpc) is 2.46. The molecular weight excluding hydrogens is 259 g/mol. The quantitative estimate of drug-likeness (QED) is 0.511. The Balaban J connectivity index is 2.02. The van der Waals surface area contributed by atoms with Gasteiger partial charge in [0, 0.05) is 5.56 Å². The number of halogens is 1. The fraction of sp³-hybridized carbons (Fsp3) is 0.133. The van der Waals surface area contributed by atoms with E-state index in [0.717, 1.165) is 11.1 Å². The Labute approximate surface area is 116 Å². The van der Waals surface area contributed by atoms with Crippen molar-refractivity contribution in [1.82, 2.24) is 5.43 Å². The molecule has 0 saturated heterocycles. The molecule has 2 aromatic rings. The van der Waals surface area contributed by atoms with Crippen LogP contribution in [0.15, 0.2) is 42.5 Å². The first-order valence-corrected chi connectivity index (χ1v) is 6.09. The number of rotatable bonds is 4. The van der Waals surface area contributed by atoms with Gasteiger partial charge in [0.1, 0.15) is 18.2 Å². The van der Waals surface area contributed by atoms with E-state index in [1.54, 1.807) is 37.3 Å². The van der Waals surface area contributed by atoms with Gasteiger partial charge < -0.3 is 4.74 Å². The Bertz CT molecular complexity index is 612. The van der Waals surface area contributed by atoms with Crippen LogP contribution in [0.1, 0.15) is 21.5 Å². The second-order valence-corrected chi connectivity index (χ2v) is 4.37. The molecule has 0 aliphatic rings. The van der Waals surface area contributed by atoms with Gasteiger partial charge in [-0.3, -0.25) is 10.2 Å². The zero-order chi connectivity index (χ0) is 14.5. The number of aryl methyl sites for hydroxylation is 1. The molecule has 0 aromatic heterocycles. The molecule has 3 N–H and O–H groups in total. The SMILES string of the molecule is Cc1cc(F)ccc1OCc1ccc(C(=O)NN)cc1. The van der Waals surface area contributed by atoms with E-state index in [1.165, 1.54) is 12.1 Å². The van der Waals surface area contributed by atoms with E-state index in [2.05, 4.69) is 5.43 Å². The van der Waals surface area contributed by atoms with Crippen molar-refractivity contribution in [2.45, 2.75) is 13.5 Å². The third-order valence-electron chi connectivity index (χ3n) is 2.88. The van der Waals surface area contributed by atoms with Gasteiger partial charge in [0.2, 0.25) is 0 Å². The summed E-state index contributed by atoms with van der Waals surface area (Å²) >= 11 is 0. The van der Waals surface area contributed by atoms with Crippen molar-refractivity contribution in [3.05, 3.63) is 65.0 Å². The number of nitrogens with two attached hydrogens (primary N) is 1. The van der Waals surface area contributed by atoms with Gasteiger partial charge in [0.15, 0.2) is 0 Å². The molecule has 0 aliphatic carbocycles. The maximum atomic E-state index is 13.0. The van der Waals surface area contributed by atoms with Crippen LogP contribution in [0.5, 0.6) is 5.75 Å². The van der Waals surface area contributed by atoms with E-state index >= 15 is 0 Å². The number of carbonyl (C=O) groups is 1. The van der Waals surface area contributed by atoms with Gasteiger partial charge in [-0.25, -0.2) is 10.2 Å². The first-order valence-electron chi connectivity index (χ1n) is 6.09. The van der Waals surface area contributed by atoms with Gasteiger partial charge in [-0.1, -0.05) is 12.1 Å². The predicted octanol–water partition coefficient (Wildman–Crippen LogP) is 2.32. The molecule has 0 aliphatic heterocycles. The summed E-state index contributed by atoms with van der Waals surface area (Å²) in [6.45, 7) is 2.13. The lowest BCUT2D eigenvalue weighted by Crippen LogP contribution is -2.29. The van der Waals surface area contributed by atoms with Crippen LogP contribution in [0.2, 0.25) is 0 Å². The van der Waals surface area contributed by atoms with Crippen LogP contribution in [0.4, 0.5) is 4.39 Å². The molecule has 5 heteroatoms. The van der Waals surface area contributed by atoms with Crippen molar-refractivity contribution in [3.8, 4) is 5.75 Å². The van der Waals surface area contributed by atoms with Crippen LogP contribution in [0.25, 0.3) is 0 Å². The van der Waals surface area contributed by atoms with Gasteiger partial charge in [0.05, 0.1) is 0 Å². The summed E-state index contributed by atoms with van der Waals surface area (Å²) in [6.07, 6.45) is 0. The number of hydrogen-bond donors (Lipinski definition) is 2. The zero-order valence-corrected chi connectivity index (χ0v) is 11.0. The van der Waals surface area contributed by atoms with E-state index < -0.39 is 0 Å². The molecule has 0 bridgehead atoms. The largest absolute Gasteiger partial charge is 0.489 e. The molecule has 2 aromatic carbocycles. The molecule has 0 spiro atoms. The van der Waals surface area contributed by atoms with E-state index in [4.69, 9.17) is 10.6 Å². The number of benzene rings is 2. The number of amides is 1. The van der Waals surface area contributed by atoms with E-state index in [9.17, 15) is 9.18 Å². The lowest BCUT2D eigenvalue weighted by Gasteiger charge is -2.09. The number of carbonyl (C=O) groups excluding carboxylic acids is 1. The first kappa shape index (κ1) is 14.0. The number of hydrogen-bond acceptors (Lipinski definition) is 3. The molecular formula is C15H15FN2O2. The van der Waals surface area contributed by atoms with Gasteiger partial charge in [0.25, 0.3) is 5.91 Å². The molecule has 0 unspecified atom stereocenters. The molecule has 0 atom stereocenters. The molecule has 4 nitrogen and oxygen atoms in total. The first-order chi connectivity index (χ1) is 9.60. The van der Waals surface area contributed by atoms with Crippen LogP contribution >= 0.6 is 0 Å². The summed E-state index contributed by atoms with van der Waals surface area (Å²) in [6, 6.07) is 11.3. The van der Waals surface area contributed by atoms with Crippen LogP contribution < -0.4 is 16.0 Å². The van der Waals surface area contributed by atoms with E-state index in [-0.39, 0.29) is 11.7 Å². The van der Waals surface area contributed by atoms with Crippen LogP contribution in [-0.2, 0) is 6.61 Å². The average molecular weight is 274 g/mol. The van der Waals surface area contributed by atoms with Gasteiger partial charge >= 0.3 is 0 Å². The molecule has 0 saturated carbocycles. The Morgan fingerprint density at radius 1 is 1.25 bits per heavy atom. The summed E-state index contributed by atoms with van der Waals surface area (Å²) < 4.78 is 18.6. The summed E-state index contributed by atoms with van der Waals surface area (Å²) in [5, 5.41) is 0. The van der Waals surface area contributed by atoms with Crippen molar-refractivity contribution in [3.63, 3.8) is 0 Å². The van der Waals surface area contributed by atoms with Crippen molar-refractivity contribution in [2.75, 3.05) is 0 Å². The van der Waals surface area contributed by atoms with Gasteiger partial charge in [-0.05, 0) is 48.4 Å². The Kier molecular flexibility index (Phi) is 4.32. The van der Waals surface area contributed by atoms with Gasteiger partial charge in [-0.2, -0.15) is 0 Å². The number of nitrogen functional groups attached to an aromatic ring is 1. The summed E-state index contributed by atoms with van der Waals surface area (Å²) in [5.74, 6) is 5.06. The number of nitrogens with one attached hydrogen (secondary N) is 1. The molecule has 0 radical (unpaired) electrons. The lowest BCUT2D eigenvalue weighted by molar-refractivity contribution is 0.0953. The lowest BCUT2D eigenvalue weighted by atomic mass is 10.1. The molecule has 104 valence electrons. The standard InChI is InChI=1S/C15H15FN2O2/c1-10-8-13(16)6-7-14(10)20-9-11-2-4-12(5-3-11)15(19)18-17/h2-8H,9,17H2,1H3,(H,18,19). The predicted molar refractivity (Wildman–Crippen MR) is 73.6 cm³/mol. The number of hydrazine groups is 1. The maximum Gasteiger partial charge on any atom is 0.265 e. The molecule has 0 fully saturated rings. The second kappa shape index (κ2) is 6.16. The van der Waals surface area contributed by atoms with Crippen LogP contribution in [0, 0.1) is 12.7 Å². The second-order valence-electron chi connectivity index (χ2n) is 4.37. The highest BCUT2D eigenvalue weighted by atomic mass is 19.1. The highest BCUT2D eigenvalue weighted by Gasteiger charge is 2.04. The molecule has 20 heavy (non-hydrogen) atoms. The minimum Gasteiger partial charge on any atom is -0.489 e. The number of ether oxygens (including phenoxy) is 1. The Hall–Kier alpha value is -2.40. The minimum atomic E-state index is -0.341. The normalized spacial score (nSPS) is 10.2. The summed E-state index contributed by atoms with van der Waals surface area (Å²) in [5.41, 5.74) is 4.19. The van der Waals surface area contributed by atoms with E-state index in [1.807, 2.05) is 0 Å². The minimum absolute atomic E-state index is 0.285. The monoisotopic (exact) mass is 274 g/mol. The third kappa shape index (κ3) is 3.33. The smallest absolute Gasteiger partial charge is 0.265 e. The van der Waals surface area contributed by atoms with Crippen molar-refractivity contribution < 1.29 is 13.9 Å². The highest BCUT2D eigenvalue weighted by Crippen LogP contribution is 2.19. The maximum absolute atomic E-state index is 13.0. The topological polar surface area (TPSA) is 64.3 Å². The third-order valence-corrected chi connectivity index (χ3v) is 2.88. The van der Waals surface area contributed by atoms with Crippen LogP contribution in [-0.4, -0.2) is 5.91 Å². The van der Waals surface area contributed by atoms with Gasteiger partial charge in [-0.15, -0.1) is 0 Å². The van der Waals surface area contributed by atoms with Crippen molar-refractivity contribution >= 4 is 5.91 Å².